The van der Waals surface area contributed by atoms with Crippen LogP contribution >= 0.6 is 29.2 Å². The van der Waals surface area contributed by atoms with Crippen molar-refractivity contribution in [3.8, 4) is 23.0 Å². The van der Waals surface area contributed by atoms with Crippen LogP contribution < -0.4 is 29.2 Å². The van der Waals surface area contributed by atoms with Gasteiger partial charge in [0.05, 0.1) is 87.8 Å². The van der Waals surface area contributed by atoms with Crippen molar-refractivity contribution in [1.29, 1.82) is 0 Å². The summed E-state index contributed by atoms with van der Waals surface area (Å²) in [5.41, 5.74) is 4.55. The van der Waals surface area contributed by atoms with Crippen LogP contribution in [-0.4, -0.2) is 213 Å². The van der Waals surface area contributed by atoms with Crippen LogP contribution in [0.15, 0.2) is 77.9 Å². The smallest absolute Gasteiger partial charge is 0.416 e. The monoisotopic (exact) mass is 1240 g/mol. The summed E-state index contributed by atoms with van der Waals surface area (Å²) in [6.07, 6.45) is 5.06. The number of ether oxygens (including phenoxy) is 7. The summed E-state index contributed by atoms with van der Waals surface area (Å²) in [5, 5.41) is 24.3. The van der Waals surface area contributed by atoms with Crippen LogP contribution in [0.4, 0.5) is 16.2 Å². The second-order valence-electron chi connectivity index (χ2n) is 21.3. The highest BCUT2D eigenvalue weighted by Crippen LogP contribution is 2.54. The molecule has 5 atom stereocenters. The zero-order chi connectivity index (χ0) is 61.2. The van der Waals surface area contributed by atoms with E-state index in [2.05, 4.69) is 11.4 Å². The van der Waals surface area contributed by atoms with E-state index in [9.17, 15) is 29.1 Å². The topological polar surface area (TPSA) is 239 Å². The van der Waals surface area contributed by atoms with E-state index in [1.165, 1.54) is 39.0 Å². The maximum absolute atomic E-state index is 15.0. The SMILES string of the molecule is C/C=C1/C[C@H]2CNc3cc(OCCCCCOc4ccc5c(c4)N(C(=O)OC[C@@H](C)SSCCN(C)P(=O)(N(C)CCOCCOc4ccc(C(C)=O)cc4)N(C)CCOCCC(=O)O)[C@@H](O)[C@@H]4C/C(=C/C)CN4C5=O)c(OC)cc3C(=O)N2C1. The van der Waals surface area contributed by atoms with E-state index in [-0.39, 0.29) is 92.7 Å². The average molecular weight is 1240 g/mol. The first-order valence-electron chi connectivity index (χ1n) is 28.9. The van der Waals surface area contributed by atoms with Crippen LogP contribution in [0.2, 0.25) is 0 Å². The molecule has 0 aliphatic carbocycles. The number of nitrogens with one attached hydrogen (secondary N) is 1. The van der Waals surface area contributed by atoms with E-state index in [0.29, 0.717) is 105 Å². The number of aliphatic carboxylic acids is 1. The van der Waals surface area contributed by atoms with E-state index >= 15 is 4.57 Å². The lowest BCUT2D eigenvalue weighted by molar-refractivity contribution is -0.138. The minimum atomic E-state index is -3.39. The quantitative estimate of drug-likeness (QED) is 0.0170. The Morgan fingerprint density at radius 3 is 2.08 bits per heavy atom. The highest BCUT2D eigenvalue weighted by Gasteiger charge is 2.46. The van der Waals surface area contributed by atoms with Crippen molar-refractivity contribution >= 4 is 70.2 Å². The van der Waals surface area contributed by atoms with Crippen molar-refractivity contribution < 1.29 is 71.9 Å². The lowest BCUT2D eigenvalue weighted by Gasteiger charge is -2.40. The lowest BCUT2D eigenvalue weighted by atomic mass is 10.1. The van der Waals surface area contributed by atoms with Gasteiger partial charge in [-0.05, 0) is 123 Å². The first kappa shape index (κ1) is 66.7. The molecule has 4 aliphatic heterocycles. The average Bonchev–Trinajstić information content (AvgIpc) is 4.02. The number of allylic oxidation sites excluding steroid dienone is 2. The number of aliphatic hydroxyl groups excluding tert-OH is 1. The zero-order valence-electron chi connectivity index (χ0n) is 50.2. The van der Waals surface area contributed by atoms with Gasteiger partial charge in [-0.3, -0.25) is 23.7 Å². The molecule has 7 rings (SSSR count). The number of fused-ring (bicyclic) bond motifs is 4. The van der Waals surface area contributed by atoms with Gasteiger partial charge in [0.1, 0.15) is 24.7 Å². The van der Waals surface area contributed by atoms with Crippen molar-refractivity contribution in [2.75, 3.05) is 136 Å². The van der Waals surface area contributed by atoms with Gasteiger partial charge in [-0.1, -0.05) is 44.9 Å². The number of hydrogen-bond donors (Lipinski definition) is 3. The maximum Gasteiger partial charge on any atom is 0.416 e. The number of benzene rings is 3. The Labute approximate surface area is 507 Å². The van der Waals surface area contributed by atoms with Gasteiger partial charge in [0, 0.05) is 68.0 Å². The Morgan fingerprint density at radius 1 is 0.765 bits per heavy atom. The summed E-state index contributed by atoms with van der Waals surface area (Å²) in [6, 6.07) is 14.8. The third-order valence-corrected chi connectivity index (χ3v) is 21.5. The Morgan fingerprint density at radius 2 is 1.40 bits per heavy atom. The van der Waals surface area contributed by atoms with Gasteiger partial charge < -0.3 is 58.5 Å². The number of nitrogens with zero attached hydrogens (tertiary/aromatic N) is 6. The number of likely N-dealkylation sites (N-methyl/N-ethyl adjacent to an activating group) is 2. The minimum absolute atomic E-state index is 0.0108. The van der Waals surface area contributed by atoms with Crippen molar-refractivity contribution in [3.63, 3.8) is 0 Å². The van der Waals surface area contributed by atoms with Gasteiger partial charge in [0.25, 0.3) is 19.4 Å². The predicted octanol–water partition coefficient (Wildman–Crippen LogP) is 8.81. The van der Waals surface area contributed by atoms with Gasteiger partial charge in [-0.15, -0.1) is 0 Å². The molecule has 0 bridgehead atoms. The van der Waals surface area contributed by atoms with E-state index in [1.807, 2.05) is 37.8 Å². The van der Waals surface area contributed by atoms with Crippen LogP contribution in [0.3, 0.4) is 0 Å². The van der Waals surface area contributed by atoms with Gasteiger partial charge in [0.2, 0.25) is 0 Å². The maximum atomic E-state index is 15.0. The van der Waals surface area contributed by atoms with E-state index in [4.69, 9.17) is 38.3 Å². The Bertz CT molecular complexity index is 2900. The summed E-state index contributed by atoms with van der Waals surface area (Å²) in [5.74, 6) is 1.30. The van der Waals surface area contributed by atoms with Crippen LogP contribution in [0.1, 0.15) is 97.3 Å². The molecule has 2 saturated heterocycles. The number of unbranched alkanes of at least 4 members (excludes halogenated alkanes) is 2. The molecule has 0 aromatic heterocycles. The first-order chi connectivity index (χ1) is 40.9. The Balaban J connectivity index is 0.893. The number of ketones is 1. The second-order valence-corrected chi connectivity index (χ2v) is 27.3. The van der Waals surface area contributed by atoms with Crippen LogP contribution in [-0.2, 0) is 23.6 Å². The highest BCUT2D eigenvalue weighted by atomic mass is 33.1. The Hall–Kier alpha value is -5.82. The standard InChI is InChI=1S/C60H84N7O15PS2/c1-9-43-32-46-37-61-51-36-55(54(76-8)35-50(51)58(72)65(46)38-43)81-25-13-11-12-24-79-48-18-19-49-52(34-48)67(59(73)53-33-44(10-2)39-66(53)57(49)71)60(74)82-40-41(3)85-84-31-23-64(7)83(75,62(5)21-27-77-26-20-56(69)70)63(6)22-28-78-29-30-80-47-16-14-45(15-17-47)42(4)68/h9-10,14-19,34-36,41,46,53,59,61,73H,11-13,20-33,37-40H2,1-8H3,(H,69,70)/b43-9-,44-10-/t41-,46+,53+,59+,83?/m1/s1. The van der Waals surface area contributed by atoms with Crippen LogP contribution in [0.25, 0.3) is 0 Å². The van der Waals surface area contributed by atoms with E-state index in [0.717, 1.165) is 24.1 Å². The van der Waals surface area contributed by atoms with Crippen molar-refractivity contribution in [1.82, 2.24) is 23.8 Å². The summed E-state index contributed by atoms with van der Waals surface area (Å²) in [6.45, 7) is 11.7. The third-order valence-electron chi connectivity index (χ3n) is 15.4. The fourth-order valence-corrected chi connectivity index (χ4v) is 15.4. The van der Waals surface area contributed by atoms with Gasteiger partial charge >= 0.3 is 12.1 Å². The number of carboxylic acids is 1. The van der Waals surface area contributed by atoms with Crippen molar-refractivity contribution in [2.45, 2.75) is 89.8 Å². The van der Waals surface area contributed by atoms with Gasteiger partial charge in [-0.2, -0.15) is 0 Å². The molecule has 1 unspecified atom stereocenters. The molecule has 2 fully saturated rings. The predicted molar refractivity (Wildman–Crippen MR) is 330 cm³/mol. The zero-order valence-corrected chi connectivity index (χ0v) is 52.7. The largest absolute Gasteiger partial charge is 0.494 e. The van der Waals surface area contributed by atoms with Crippen LogP contribution in [0.5, 0.6) is 23.0 Å². The van der Waals surface area contributed by atoms with E-state index in [1.54, 1.807) is 95.7 Å². The van der Waals surface area contributed by atoms with Crippen LogP contribution in [0, 0.1) is 0 Å². The molecule has 3 aromatic carbocycles. The molecular formula is C60H84N7O15PS2. The van der Waals surface area contributed by atoms with Crippen molar-refractivity contribution in [2.24, 2.45) is 0 Å². The summed E-state index contributed by atoms with van der Waals surface area (Å²) < 4.78 is 61.4. The molecule has 0 saturated carbocycles. The molecule has 4 aliphatic rings. The molecule has 0 spiro atoms. The lowest BCUT2D eigenvalue weighted by Crippen LogP contribution is -2.51. The van der Waals surface area contributed by atoms with Gasteiger partial charge in [-0.25, -0.2) is 23.7 Å². The molecule has 22 nitrogen and oxygen atoms in total. The number of anilines is 2. The van der Waals surface area contributed by atoms with E-state index < -0.39 is 31.9 Å². The second kappa shape index (κ2) is 32.2. The fourth-order valence-electron chi connectivity index (χ4n) is 10.4. The molecule has 85 heavy (non-hydrogen) atoms. The number of methoxy groups -OCH3 is 1. The summed E-state index contributed by atoms with van der Waals surface area (Å²) in [7, 11) is 6.50. The number of carboxylic acid groups (broad SMARTS) is 1. The van der Waals surface area contributed by atoms with Crippen molar-refractivity contribution in [3.05, 3.63) is 94.6 Å². The first-order valence-corrected chi connectivity index (χ1v) is 32.9. The molecule has 3 aromatic rings. The summed E-state index contributed by atoms with van der Waals surface area (Å²) >= 11 is 0. The molecule has 0 radical (unpaired) electrons. The molecule has 4 heterocycles. The molecule has 3 amide bonds. The highest BCUT2D eigenvalue weighted by molar-refractivity contribution is 8.76. The Kier molecular flexibility index (Phi) is 25.3. The normalized spacial score (nSPS) is 19.5. The molecule has 466 valence electrons. The molecular weight excluding hydrogens is 1150 g/mol. The molecule has 3 N–H and O–H groups in total. The number of carbonyl (C=O) groups excluding carboxylic acids is 4. The summed E-state index contributed by atoms with van der Waals surface area (Å²) in [4.78, 5) is 69.3. The van der Waals surface area contributed by atoms with Gasteiger partial charge in [0.15, 0.2) is 23.5 Å². The number of rotatable bonds is 33. The minimum Gasteiger partial charge on any atom is -0.494 e. The number of hydrogen-bond acceptors (Lipinski definition) is 17. The number of carbonyl (C=O) groups is 5. The molecule has 25 heteroatoms. The third kappa shape index (κ3) is 17.5. The number of amides is 3. The number of aliphatic hydroxyl groups is 1. The number of Topliss-reactive ketones (excluding diaryl/α,β-unsaturated/α-hetero) is 1. The fraction of sp³-hybridized carbons (Fsp3) is 0.550.